The Labute approximate surface area is 169 Å². The van der Waals surface area contributed by atoms with Gasteiger partial charge in [0.15, 0.2) is 0 Å². The zero-order valence-corrected chi connectivity index (χ0v) is 17.3. The van der Waals surface area contributed by atoms with Gasteiger partial charge in [-0.05, 0) is 64.8 Å². The van der Waals surface area contributed by atoms with Crippen molar-refractivity contribution in [2.45, 2.75) is 32.6 Å². The van der Waals surface area contributed by atoms with Crippen LogP contribution in [-0.4, -0.2) is 19.1 Å². The lowest BCUT2D eigenvalue weighted by molar-refractivity contribution is 0.102. The average Bonchev–Trinajstić information content (AvgIpc) is 2.68. The predicted molar refractivity (Wildman–Crippen MR) is 114 cm³/mol. The molecule has 2 aromatic rings. The van der Waals surface area contributed by atoms with Crippen LogP contribution in [0.4, 0.5) is 5.69 Å². The van der Waals surface area contributed by atoms with Crippen molar-refractivity contribution in [2.24, 2.45) is 0 Å². The second-order valence-electron chi connectivity index (χ2n) is 6.13. The largest absolute Gasteiger partial charge is 0.492 e. The Morgan fingerprint density at radius 2 is 1.89 bits per heavy atom. The quantitative estimate of drug-likeness (QED) is 0.339. The van der Waals surface area contributed by atoms with E-state index in [1.807, 2.05) is 18.2 Å². The minimum absolute atomic E-state index is 0.176. The second-order valence-corrected chi connectivity index (χ2v) is 6.99. The second kappa shape index (κ2) is 11.4. The molecule has 0 heterocycles. The first-order valence-electron chi connectivity index (χ1n) is 9.21. The van der Waals surface area contributed by atoms with Gasteiger partial charge in [0.1, 0.15) is 18.1 Å². The fourth-order valence-corrected chi connectivity index (χ4v) is 2.96. The maximum atomic E-state index is 12.4. The van der Waals surface area contributed by atoms with Crippen LogP contribution in [0.25, 0.3) is 0 Å². The molecule has 2 aromatic carbocycles. The van der Waals surface area contributed by atoms with Gasteiger partial charge >= 0.3 is 0 Å². The molecule has 0 saturated heterocycles. The van der Waals surface area contributed by atoms with E-state index in [4.69, 9.17) is 9.47 Å². The van der Waals surface area contributed by atoms with Crippen molar-refractivity contribution in [3.8, 4) is 11.5 Å². The van der Waals surface area contributed by atoms with E-state index in [1.54, 1.807) is 30.3 Å². The third-order valence-corrected chi connectivity index (χ3v) is 4.55. The van der Waals surface area contributed by atoms with Crippen LogP contribution in [0.5, 0.6) is 11.5 Å². The normalized spacial score (nSPS) is 10.3. The van der Waals surface area contributed by atoms with E-state index < -0.39 is 0 Å². The minimum Gasteiger partial charge on any atom is -0.492 e. The van der Waals surface area contributed by atoms with Crippen LogP contribution in [0, 0.1) is 0 Å². The summed E-state index contributed by atoms with van der Waals surface area (Å²) in [6.07, 6.45) is 6.33. The number of carbonyl (C=O) groups is 1. The molecule has 5 heteroatoms. The number of rotatable bonds is 11. The van der Waals surface area contributed by atoms with Crippen molar-refractivity contribution in [1.29, 1.82) is 0 Å². The first-order valence-corrected chi connectivity index (χ1v) is 10.0. The topological polar surface area (TPSA) is 47.6 Å². The summed E-state index contributed by atoms with van der Waals surface area (Å²) in [5.41, 5.74) is 1.27. The maximum Gasteiger partial charge on any atom is 0.255 e. The van der Waals surface area contributed by atoms with Gasteiger partial charge in [0, 0.05) is 11.3 Å². The van der Waals surface area contributed by atoms with Gasteiger partial charge in [-0.15, -0.1) is 0 Å². The SMILES string of the molecule is C=CCOc1ccc(NC(=O)c2ccc(OCCCCCC)c(Br)c2)cc1. The molecule has 0 aliphatic heterocycles. The van der Waals surface area contributed by atoms with E-state index in [-0.39, 0.29) is 5.91 Å². The summed E-state index contributed by atoms with van der Waals surface area (Å²) in [5, 5.41) is 2.88. The summed E-state index contributed by atoms with van der Waals surface area (Å²) in [5.74, 6) is 1.31. The van der Waals surface area contributed by atoms with Crippen LogP contribution in [0.2, 0.25) is 0 Å². The zero-order chi connectivity index (χ0) is 19.5. The standard InChI is InChI=1S/C22H26BrNO3/c1-3-5-6-7-15-27-21-13-8-17(16-20(21)23)22(25)24-18-9-11-19(12-10-18)26-14-4-2/h4,8-13,16H,2-3,5-7,14-15H2,1H3,(H,24,25). The maximum absolute atomic E-state index is 12.4. The van der Waals surface area contributed by atoms with Gasteiger partial charge in [-0.25, -0.2) is 0 Å². The molecule has 0 radical (unpaired) electrons. The van der Waals surface area contributed by atoms with Gasteiger partial charge in [-0.2, -0.15) is 0 Å². The molecule has 0 aromatic heterocycles. The summed E-state index contributed by atoms with van der Waals surface area (Å²) in [6.45, 7) is 6.94. The summed E-state index contributed by atoms with van der Waals surface area (Å²) >= 11 is 3.49. The third-order valence-electron chi connectivity index (χ3n) is 3.93. The van der Waals surface area contributed by atoms with Gasteiger partial charge in [0.05, 0.1) is 11.1 Å². The molecule has 27 heavy (non-hydrogen) atoms. The zero-order valence-electron chi connectivity index (χ0n) is 15.7. The molecule has 1 amide bonds. The van der Waals surface area contributed by atoms with E-state index in [0.29, 0.717) is 24.5 Å². The van der Waals surface area contributed by atoms with Crippen LogP contribution in [0.15, 0.2) is 59.6 Å². The minimum atomic E-state index is -0.176. The van der Waals surface area contributed by atoms with Gasteiger partial charge in [-0.3, -0.25) is 4.79 Å². The van der Waals surface area contributed by atoms with E-state index in [9.17, 15) is 4.79 Å². The number of anilines is 1. The fourth-order valence-electron chi connectivity index (χ4n) is 2.46. The predicted octanol–water partition coefficient (Wildman–Crippen LogP) is 6.23. The molecule has 0 spiro atoms. The molecule has 144 valence electrons. The molecule has 0 unspecified atom stereocenters. The number of hydrogen-bond acceptors (Lipinski definition) is 3. The summed E-state index contributed by atoms with van der Waals surface area (Å²) < 4.78 is 12.0. The number of unbranched alkanes of at least 4 members (excludes halogenated alkanes) is 3. The molecule has 0 atom stereocenters. The lowest BCUT2D eigenvalue weighted by Gasteiger charge is -2.10. The number of halogens is 1. The van der Waals surface area contributed by atoms with Crippen LogP contribution in [-0.2, 0) is 0 Å². The summed E-state index contributed by atoms with van der Waals surface area (Å²) in [6, 6.07) is 12.6. The highest BCUT2D eigenvalue weighted by molar-refractivity contribution is 9.10. The molecule has 1 N–H and O–H groups in total. The van der Waals surface area contributed by atoms with Gasteiger partial charge in [-0.1, -0.05) is 38.8 Å². The van der Waals surface area contributed by atoms with Crippen molar-refractivity contribution >= 4 is 27.5 Å². The molecule has 0 bridgehead atoms. The summed E-state index contributed by atoms with van der Waals surface area (Å²) in [4.78, 5) is 12.4. The molecule has 0 fully saturated rings. The Morgan fingerprint density at radius 3 is 2.56 bits per heavy atom. The van der Waals surface area contributed by atoms with E-state index in [0.717, 1.165) is 22.4 Å². The molecule has 0 aliphatic carbocycles. The Balaban J connectivity index is 1.90. The van der Waals surface area contributed by atoms with Gasteiger partial charge < -0.3 is 14.8 Å². The average molecular weight is 432 g/mol. The van der Waals surface area contributed by atoms with Crippen molar-refractivity contribution in [1.82, 2.24) is 0 Å². The number of amides is 1. The summed E-state index contributed by atoms with van der Waals surface area (Å²) in [7, 11) is 0. The lowest BCUT2D eigenvalue weighted by atomic mass is 10.2. The van der Waals surface area contributed by atoms with E-state index in [2.05, 4.69) is 34.7 Å². The Bertz CT molecular complexity index is 744. The number of ether oxygens (including phenoxy) is 2. The van der Waals surface area contributed by atoms with Crippen molar-refractivity contribution in [3.05, 3.63) is 65.2 Å². The molecule has 0 saturated carbocycles. The van der Waals surface area contributed by atoms with Gasteiger partial charge in [0.2, 0.25) is 0 Å². The monoisotopic (exact) mass is 431 g/mol. The number of nitrogens with one attached hydrogen (secondary N) is 1. The fraction of sp³-hybridized carbons (Fsp3) is 0.318. The highest BCUT2D eigenvalue weighted by Gasteiger charge is 2.10. The third kappa shape index (κ3) is 7.10. The molecule has 4 nitrogen and oxygen atoms in total. The Hall–Kier alpha value is -2.27. The number of benzene rings is 2. The lowest BCUT2D eigenvalue weighted by Crippen LogP contribution is -2.12. The number of hydrogen-bond donors (Lipinski definition) is 1. The molecule has 2 rings (SSSR count). The van der Waals surface area contributed by atoms with Crippen molar-refractivity contribution in [2.75, 3.05) is 18.5 Å². The van der Waals surface area contributed by atoms with Crippen LogP contribution in [0.3, 0.4) is 0 Å². The number of carbonyl (C=O) groups excluding carboxylic acids is 1. The Kier molecular flexibility index (Phi) is 8.92. The smallest absolute Gasteiger partial charge is 0.255 e. The molecule has 0 aliphatic rings. The highest BCUT2D eigenvalue weighted by Crippen LogP contribution is 2.27. The highest BCUT2D eigenvalue weighted by atomic mass is 79.9. The first-order chi connectivity index (χ1) is 13.1. The van der Waals surface area contributed by atoms with Crippen LogP contribution < -0.4 is 14.8 Å². The van der Waals surface area contributed by atoms with Crippen molar-refractivity contribution in [3.63, 3.8) is 0 Å². The van der Waals surface area contributed by atoms with Gasteiger partial charge in [0.25, 0.3) is 5.91 Å². The van der Waals surface area contributed by atoms with E-state index in [1.165, 1.54) is 19.3 Å². The van der Waals surface area contributed by atoms with Crippen molar-refractivity contribution < 1.29 is 14.3 Å². The van der Waals surface area contributed by atoms with E-state index >= 15 is 0 Å². The van der Waals surface area contributed by atoms with Crippen LogP contribution >= 0.6 is 15.9 Å². The molecular formula is C22H26BrNO3. The Morgan fingerprint density at radius 1 is 1.11 bits per heavy atom. The molecular weight excluding hydrogens is 406 g/mol. The van der Waals surface area contributed by atoms with Crippen LogP contribution in [0.1, 0.15) is 43.0 Å². The first kappa shape index (κ1) is 21.0.